The van der Waals surface area contributed by atoms with Crippen molar-refractivity contribution in [1.82, 2.24) is 4.57 Å². The molecule has 180 valence electrons. The van der Waals surface area contributed by atoms with E-state index >= 15 is 0 Å². The van der Waals surface area contributed by atoms with Crippen LogP contribution < -0.4 is 0 Å². The van der Waals surface area contributed by atoms with Crippen LogP contribution in [-0.4, -0.2) is 4.57 Å². The Morgan fingerprint density at radius 3 is 1.68 bits per heavy atom. The summed E-state index contributed by atoms with van der Waals surface area (Å²) in [6, 6.07) is 41.8. The third kappa shape index (κ3) is 3.33. The van der Waals surface area contributed by atoms with E-state index in [2.05, 4.69) is 145 Å². The molecule has 0 unspecified atom stereocenters. The van der Waals surface area contributed by atoms with E-state index in [1.54, 1.807) is 0 Å². The molecule has 1 aromatic heterocycles. The van der Waals surface area contributed by atoms with E-state index < -0.39 is 0 Å². The van der Waals surface area contributed by atoms with Crippen molar-refractivity contribution in [3.8, 4) is 16.8 Å². The van der Waals surface area contributed by atoms with Crippen LogP contribution in [0.25, 0.3) is 72.2 Å². The normalized spacial score (nSPS) is 11.8. The van der Waals surface area contributed by atoms with Crippen molar-refractivity contribution >= 4 is 55.4 Å². The van der Waals surface area contributed by atoms with E-state index in [1.165, 1.54) is 59.9 Å². The number of hydrogen-bond donors (Lipinski definition) is 0. The van der Waals surface area contributed by atoms with Gasteiger partial charge in [-0.1, -0.05) is 110 Å². The molecule has 1 nitrogen and oxygen atoms in total. The van der Waals surface area contributed by atoms with Gasteiger partial charge in [0, 0.05) is 16.6 Å². The van der Waals surface area contributed by atoms with Gasteiger partial charge in [0.25, 0.3) is 0 Å². The molecule has 7 rings (SSSR count). The van der Waals surface area contributed by atoms with Gasteiger partial charge in [0.05, 0.1) is 11.2 Å². The Labute approximate surface area is 222 Å². The lowest BCUT2D eigenvalue weighted by Gasteiger charge is -2.13. The van der Waals surface area contributed by atoms with E-state index in [0.29, 0.717) is 0 Å². The van der Waals surface area contributed by atoms with Crippen LogP contribution in [0.4, 0.5) is 0 Å². The standard InChI is InChI=1S/C37H27N/c1-3-11-33-34-16-9-10-17-37(34)38(36(33)4-2)27-21-18-25(19-22-27)26-20-23-32-30-14-6-5-12-28(30)29-13-7-8-15-31(29)35(32)24-26/h3-24H,2H2,1H3/b11-3-. The summed E-state index contributed by atoms with van der Waals surface area (Å²) in [5.41, 5.74) is 7.07. The van der Waals surface area contributed by atoms with Gasteiger partial charge < -0.3 is 4.57 Å². The maximum Gasteiger partial charge on any atom is 0.0541 e. The average Bonchev–Trinajstić information content (AvgIpc) is 3.30. The highest BCUT2D eigenvalue weighted by molar-refractivity contribution is 6.25. The molecule has 0 spiro atoms. The van der Waals surface area contributed by atoms with Crippen molar-refractivity contribution in [1.29, 1.82) is 0 Å². The van der Waals surface area contributed by atoms with Crippen LogP contribution in [0.15, 0.2) is 128 Å². The fourth-order valence-electron chi connectivity index (χ4n) is 6.00. The summed E-state index contributed by atoms with van der Waals surface area (Å²) >= 11 is 0. The molecule has 0 amide bonds. The number of hydrogen-bond acceptors (Lipinski definition) is 0. The number of rotatable bonds is 4. The average molecular weight is 486 g/mol. The van der Waals surface area contributed by atoms with Gasteiger partial charge in [-0.2, -0.15) is 0 Å². The third-order valence-electron chi connectivity index (χ3n) is 7.68. The van der Waals surface area contributed by atoms with Crippen LogP contribution in [0.1, 0.15) is 18.2 Å². The minimum atomic E-state index is 1.11. The zero-order chi connectivity index (χ0) is 25.6. The first-order chi connectivity index (χ1) is 18.8. The lowest BCUT2D eigenvalue weighted by Crippen LogP contribution is -1.96. The van der Waals surface area contributed by atoms with Crippen molar-refractivity contribution in [2.24, 2.45) is 0 Å². The van der Waals surface area contributed by atoms with E-state index in [1.807, 2.05) is 6.08 Å². The van der Waals surface area contributed by atoms with Crippen LogP contribution in [0.5, 0.6) is 0 Å². The van der Waals surface area contributed by atoms with Crippen molar-refractivity contribution in [2.75, 3.05) is 0 Å². The predicted octanol–water partition coefficient (Wildman–Crippen LogP) is 10.4. The summed E-state index contributed by atoms with van der Waals surface area (Å²) in [6.07, 6.45) is 6.23. The number of aromatic nitrogens is 1. The second kappa shape index (κ2) is 8.90. The maximum absolute atomic E-state index is 4.14. The lowest BCUT2D eigenvalue weighted by atomic mass is 9.92. The molecule has 0 bridgehead atoms. The third-order valence-corrected chi connectivity index (χ3v) is 7.68. The Morgan fingerprint density at radius 1 is 0.553 bits per heavy atom. The summed E-state index contributed by atoms with van der Waals surface area (Å²) in [6.45, 7) is 6.20. The van der Waals surface area contributed by atoms with Crippen LogP contribution in [0.2, 0.25) is 0 Å². The fourth-order valence-corrected chi connectivity index (χ4v) is 6.00. The molecule has 0 atom stereocenters. The summed E-state index contributed by atoms with van der Waals surface area (Å²) in [4.78, 5) is 0. The zero-order valence-corrected chi connectivity index (χ0v) is 21.4. The number of fused-ring (bicyclic) bond motifs is 7. The summed E-state index contributed by atoms with van der Waals surface area (Å²) in [5, 5.41) is 9.03. The molecular weight excluding hydrogens is 458 g/mol. The molecule has 7 aromatic rings. The first kappa shape index (κ1) is 22.3. The van der Waals surface area contributed by atoms with Crippen molar-refractivity contribution in [2.45, 2.75) is 6.92 Å². The Kier molecular flexibility index (Phi) is 5.23. The van der Waals surface area contributed by atoms with Gasteiger partial charge in [0.1, 0.15) is 0 Å². The second-order valence-corrected chi connectivity index (χ2v) is 9.75. The summed E-state index contributed by atoms with van der Waals surface area (Å²) in [7, 11) is 0. The Hall–Kier alpha value is -4.88. The molecule has 6 aromatic carbocycles. The van der Waals surface area contributed by atoms with Crippen LogP contribution in [0.3, 0.4) is 0 Å². The molecular formula is C37H27N. The van der Waals surface area contributed by atoms with Crippen molar-refractivity contribution < 1.29 is 0 Å². The number of para-hydroxylation sites is 1. The van der Waals surface area contributed by atoms with Crippen LogP contribution in [0, 0.1) is 0 Å². The smallest absolute Gasteiger partial charge is 0.0541 e. The monoisotopic (exact) mass is 485 g/mol. The molecule has 0 saturated heterocycles. The highest BCUT2D eigenvalue weighted by Gasteiger charge is 2.15. The number of nitrogens with zero attached hydrogens (tertiary/aromatic N) is 1. The first-order valence-corrected chi connectivity index (χ1v) is 13.1. The van der Waals surface area contributed by atoms with Crippen molar-refractivity contribution in [3.05, 3.63) is 139 Å². The molecule has 0 fully saturated rings. The molecule has 0 saturated carbocycles. The Balaban J connectivity index is 1.39. The molecule has 38 heavy (non-hydrogen) atoms. The van der Waals surface area contributed by atoms with Gasteiger partial charge in [-0.25, -0.2) is 0 Å². The molecule has 1 heteroatoms. The van der Waals surface area contributed by atoms with Gasteiger partial charge in [-0.3, -0.25) is 0 Å². The quantitative estimate of drug-likeness (QED) is 0.219. The predicted molar refractivity (Wildman–Crippen MR) is 166 cm³/mol. The van der Waals surface area contributed by atoms with Gasteiger partial charge >= 0.3 is 0 Å². The number of benzene rings is 6. The van der Waals surface area contributed by atoms with E-state index in [9.17, 15) is 0 Å². The van der Waals surface area contributed by atoms with Gasteiger partial charge in [0.15, 0.2) is 0 Å². The minimum Gasteiger partial charge on any atom is -0.309 e. The lowest BCUT2D eigenvalue weighted by molar-refractivity contribution is 1.11. The molecule has 0 aliphatic carbocycles. The zero-order valence-electron chi connectivity index (χ0n) is 21.4. The van der Waals surface area contributed by atoms with Crippen LogP contribution in [-0.2, 0) is 0 Å². The Morgan fingerprint density at radius 2 is 1.08 bits per heavy atom. The highest BCUT2D eigenvalue weighted by atomic mass is 15.0. The van der Waals surface area contributed by atoms with E-state index in [-0.39, 0.29) is 0 Å². The maximum atomic E-state index is 4.14. The SMILES string of the molecule is C=Cc1c(/C=C\C)c2ccccc2n1-c1ccc(-c2ccc3c4ccccc4c4ccccc4c3c2)cc1. The summed E-state index contributed by atoms with van der Waals surface area (Å²) < 4.78 is 2.31. The van der Waals surface area contributed by atoms with E-state index in [4.69, 9.17) is 0 Å². The molecule has 0 N–H and O–H groups in total. The van der Waals surface area contributed by atoms with Crippen LogP contribution >= 0.6 is 0 Å². The van der Waals surface area contributed by atoms with E-state index in [0.717, 1.165) is 11.4 Å². The highest BCUT2D eigenvalue weighted by Crippen LogP contribution is 2.37. The van der Waals surface area contributed by atoms with Gasteiger partial charge in [0.2, 0.25) is 0 Å². The largest absolute Gasteiger partial charge is 0.309 e. The Bertz CT molecular complexity index is 2000. The fraction of sp³-hybridized carbons (Fsp3) is 0.0270. The molecule has 0 aliphatic rings. The van der Waals surface area contributed by atoms with Gasteiger partial charge in [-0.05, 0) is 80.7 Å². The summed E-state index contributed by atoms with van der Waals surface area (Å²) in [5.74, 6) is 0. The minimum absolute atomic E-state index is 1.11. The molecule has 1 heterocycles. The van der Waals surface area contributed by atoms with Gasteiger partial charge in [-0.15, -0.1) is 0 Å². The first-order valence-electron chi connectivity index (χ1n) is 13.1. The molecule has 0 radical (unpaired) electrons. The van der Waals surface area contributed by atoms with Crippen molar-refractivity contribution in [3.63, 3.8) is 0 Å². The number of allylic oxidation sites excluding steroid dienone is 1. The second-order valence-electron chi connectivity index (χ2n) is 9.75. The topological polar surface area (TPSA) is 4.93 Å². The molecule has 0 aliphatic heterocycles.